The van der Waals surface area contributed by atoms with Gasteiger partial charge in [0.2, 0.25) is 0 Å². The number of nitrogens with zero attached hydrogens (tertiary/aromatic N) is 8. The summed E-state index contributed by atoms with van der Waals surface area (Å²) in [5, 5.41) is 0. The number of rotatable bonds is 8. The second-order valence-electron chi connectivity index (χ2n) is 13.3. The van der Waals surface area contributed by atoms with Crippen molar-refractivity contribution in [2.75, 3.05) is 72.2 Å². The van der Waals surface area contributed by atoms with E-state index >= 15 is 0 Å². The summed E-state index contributed by atoms with van der Waals surface area (Å²) in [6.07, 6.45) is 3.61. The van der Waals surface area contributed by atoms with Gasteiger partial charge in [0, 0.05) is 97.7 Å². The molecule has 0 radical (unpaired) electrons. The van der Waals surface area contributed by atoms with Crippen LogP contribution in [-0.4, -0.2) is 112 Å². The van der Waals surface area contributed by atoms with Crippen LogP contribution in [0.3, 0.4) is 0 Å². The molecule has 1 fully saturated rings. The normalized spacial score (nSPS) is 16.1. The van der Waals surface area contributed by atoms with Crippen LogP contribution in [0.25, 0.3) is 45.6 Å². The minimum atomic E-state index is 0.847. The van der Waals surface area contributed by atoms with Gasteiger partial charge in [0.15, 0.2) is 0 Å². The van der Waals surface area contributed by atoms with Crippen molar-refractivity contribution in [3.05, 3.63) is 133 Å². The zero-order valence-corrected chi connectivity index (χ0v) is 34.9. The first kappa shape index (κ1) is 40.4. The van der Waals surface area contributed by atoms with Crippen LogP contribution in [0.1, 0.15) is 11.4 Å². The van der Waals surface area contributed by atoms with E-state index in [9.17, 15) is 0 Å². The van der Waals surface area contributed by atoms with Crippen molar-refractivity contribution < 1.29 is 0 Å². The fourth-order valence-corrected chi connectivity index (χ4v) is 10.6. The van der Waals surface area contributed by atoms with Gasteiger partial charge < -0.3 is 0 Å². The van der Waals surface area contributed by atoms with Gasteiger partial charge in [-0.25, -0.2) is 19.9 Å². The third-order valence-electron chi connectivity index (χ3n) is 9.21. The molecule has 12 heteroatoms. The average molecular weight is 817 g/mol. The van der Waals surface area contributed by atoms with Crippen molar-refractivity contribution in [2.45, 2.75) is 13.1 Å². The summed E-state index contributed by atoms with van der Waals surface area (Å²) >= 11 is 8.28. The molecule has 0 aliphatic carbocycles. The van der Waals surface area contributed by atoms with Crippen molar-refractivity contribution in [1.29, 1.82) is 0 Å². The average Bonchev–Trinajstić information content (AvgIpc) is 3.26. The maximum Gasteiger partial charge on any atom is 0.0894 e. The van der Waals surface area contributed by atoms with E-state index in [1.54, 1.807) is 12.4 Å². The molecule has 0 N–H and O–H groups in total. The number of hydrogen-bond donors (Lipinski definition) is 0. The molecule has 0 unspecified atom stereocenters. The molecule has 1 saturated heterocycles. The van der Waals surface area contributed by atoms with Gasteiger partial charge in [0.25, 0.3) is 0 Å². The monoisotopic (exact) mass is 816 g/mol. The highest BCUT2D eigenvalue weighted by Crippen LogP contribution is 2.23. The maximum absolute atomic E-state index is 5.08. The lowest BCUT2D eigenvalue weighted by Gasteiger charge is -2.23. The Hall–Kier alpha value is -3.78. The molecule has 8 nitrogen and oxygen atoms in total. The molecule has 0 saturated carbocycles. The molecule has 1 aliphatic rings. The topological polar surface area (TPSA) is 83.8 Å². The summed E-state index contributed by atoms with van der Waals surface area (Å²) in [6.45, 7) is 5.94. The van der Waals surface area contributed by atoms with E-state index in [0.717, 1.165) is 119 Å². The van der Waals surface area contributed by atoms with Crippen molar-refractivity contribution in [2.24, 2.45) is 0 Å². The summed E-state index contributed by atoms with van der Waals surface area (Å²) in [4.78, 5) is 34.1. The van der Waals surface area contributed by atoms with Gasteiger partial charge in [-0.3, -0.25) is 19.8 Å². The maximum atomic E-state index is 5.08. The van der Waals surface area contributed by atoms with Crippen molar-refractivity contribution in [3.63, 3.8) is 0 Å². The molecule has 6 aromatic rings. The standard InChI is InChI=1S/C44H48N8S4/c1-3-19-45-37(11-1)39-15-7-17-43(49-39)41-13-5-9-35(47-41)33-51-21-25-53-29-31-55-27-23-52(24-28-56-32-30-54-26-22-51)34-36-10-6-14-42(48-36)44-18-8-16-40(50-44)38-12-2-4-20-46-38/h1-20H,21-34H2. The predicted molar refractivity (Wildman–Crippen MR) is 241 cm³/mol. The van der Waals surface area contributed by atoms with E-state index in [4.69, 9.17) is 19.9 Å². The lowest BCUT2D eigenvalue weighted by molar-refractivity contribution is 0.297. The zero-order valence-electron chi connectivity index (χ0n) is 31.7. The molecule has 7 rings (SSSR count). The molecule has 7 heterocycles. The molecule has 0 aromatic carbocycles. The number of aromatic nitrogens is 6. The van der Waals surface area contributed by atoms with Crippen LogP contribution in [0, 0.1) is 0 Å². The van der Waals surface area contributed by atoms with Crippen LogP contribution in [0.4, 0.5) is 0 Å². The van der Waals surface area contributed by atoms with Gasteiger partial charge in [0.05, 0.1) is 56.9 Å². The van der Waals surface area contributed by atoms with Crippen molar-refractivity contribution >= 4 is 47.0 Å². The summed E-state index contributed by atoms with van der Waals surface area (Å²) in [5.74, 6) is 9.19. The van der Waals surface area contributed by atoms with Crippen LogP contribution in [0.2, 0.25) is 0 Å². The van der Waals surface area contributed by atoms with E-state index in [-0.39, 0.29) is 0 Å². The number of hydrogen-bond acceptors (Lipinski definition) is 12. The third-order valence-corrected chi connectivity index (χ3v) is 13.6. The number of pyridine rings is 6. The molecule has 288 valence electrons. The fraction of sp³-hybridized carbons (Fsp3) is 0.318. The van der Waals surface area contributed by atoms with Gasteiger partial charge in [-0.05, 0) is 72.8 Å². The lowest BCUT2D eigenvalue weighted by atomic mass is 10.2. The van der Waals surface area contributed by atoms with E-state index < -0.39 is 0 Å². The highest BCUT2D eigenvalue weighted by molar-refractivity contribution is 8.03. The fourth-order valence-electron chi connectivity index (χ4n) is 6.31. The first-order chi connectivity index (χ1) is 27.8. The minimum Gasteiger partial charge on any atom is -0.296 e. The molecular weight excluding hydrogens is 769 g/mol. The van der Waals surface area contributed by atoms with Gasteiger partial charge in [-0.15, -0.1) is 0 Å². The summed E-state index contributed by atoms with van der Waals surface area (Å²) in [5.41, 5.74) is 9.22. The van der Waals surface area contributed by atoms with Crippen LogP contribution in [-0.2, 0) is 13.1 Å². The van der Waals surface area contributed by atoms with E-state index in [0.29, 0.717) is 0 Å². The van der Waals surface area contributed by atoms with Crippen LogP contribution in [0.5, 0.6) is 0 Å². The largest absolute Gasteiger partial charge is 0.296 e. The summed E-state index contributed by atoms with van der Waals surface area (Å²) < 4.78 is 0. The Kier molecular flexibility index (Phi) is 16.0. The van der Waals surface area contributed by atoms with Gasteiger partial charge in [-0.2, -0.15) is 47.0 Å². The zero-order chi connectivity index (χ0) is 38.0. The Morgan fingerprint density at radius 1 is 0.339 bits per heavy atom. The summed E-state index contributed by atoms with van der Waals surface area (Å²) in [6, 6.07) is 36.7. The second kappa shape index (κ2) is 22.2. The highest BCUT2D eigenvalue weighted by Gasteiger charge is 2.13. The molecule has 0 bridgehead atoms. The molecular formula is C44H48N8S4. The van der Waals surface area contributed by atoms with Crippen LogP contribution >= 0.6 is 47.0 Å². The van der Waals surface area contributed by atoms with Crippen LogP contribution in [0.15, 0.2) is 122 Å². The Bertz CT molecular complexity index is 1910. The summed E-state index contributed by atoms with van der Waals surface area (Å²) in [7, 11) is 0. The molecule has 0 spiro atoms. The van der Waals surface area contributed by atoms with Crippen molar-refractivity contribution in [1.82, 2.24) is 39.7 Å². The Balaban J connectivity index is 0.904. The Labute approximate surface area is 348 Å². The second-order valence-corrected chi connectivity index (χ2v) is 18.2. The molecule has 6 aromatic heterocycles. The molecule has 1 aliphatic heterocycles. The molecule has 0 atom stereocenters. The molecule has 56 heavy (non-hydrogen) atoms. The lowest BCUT2D eigenvalue weighted by Crippen LogP contribution is -2.29. The first-order valence-corrected chi connectivity index (χ1v) is 23.8. The van der Waals surface area contributed by atoms with Gasteiger partial charge in [0.1, 0.15) is 0 Å². The molecule has 0 amide bonds. The van der Waals surface area contributed by atoms with Gasteiger partial charge >= 0.3 is 0 Å². The quantitative estimate of drug-likeness (QED) is 0.147. The highest BCUT2D eigenvalue weighted by atomic mass is 32.2. The van der Waals surface area contributed by atoms with E-state index in [1.807, 2.05) is 72.8 Å². The Morgan fingerprint density at radius 2 is 0.661 bits per heavy atom. The first-order valence-electron chi connectivity index (χ1n) is 19.2. The van der Waals surface area contributed by atoms with Crippen molar-refractivity contribution in [3.8, 4) is 45.6 Å². The predicted octanol–water partition coefficient (Wildman–Crippen LogP) is 8.98. The van der Waals surface area contributed by atoms with Gasteiger partial charge in [-0.1, -0.05) is 36.4 Å². The SMILES string of the molecule is c1ccc(-c2cccc(-c3cccc(CN4CCSCCSCCN(Cc5cccc(-c6cccc(-c7ccccn7)n6)n5)CCSCCSCC4)n3)n2)nc1. The van der Waals surface area contributed by atoms with E-state index in [1.165, 1.54) is 23.0 Å². The Morgan fingerprint density at radius 3 is 1.02 bits per heavy atom. The minimum absolute atomic E-state index is 0.847. The van der Waals surface area contributed by atoms with Crippen LogP contribution < -0.4 is 0 Å². The number of thioether (sulfide) groups is 4. The third kappa shape index (κ3) is 12.6. The smallest absolute Gasteiger partial charge is 0.0894 e. The van der Waals surface area contributed by atoms with E-state index in [2.05, 4.69) is 103 Å².